The topological polar surface area (TPSA) is 59.1 Å². The molecule has 0 aliphatic rings. The summed E-state index contributed by atoms with van der Waals surface area (Å²) in [5.41, 5.74) is 1.86. The predicted octanol–water partition coefficient (Wildman–Crippen LogP) is 11.2. The van der Waals surface area contributed by atoms with Crippen LogP contribution in [0.1, 0.15) is 145 Å². The summed E-state index contributed by atoms with van der Waals surface area (Å²) in [4.78, 5) is 29.1. The summed E-state index contributed by atoms with van der Waals surface area (Å²) in [6, 6.07) is 7.89. The van der Waals surface area contributed by atoms with E-state index < -0.39 is 0 Å². The Morgan fingerprint density at radius 1 is 0.680 bits per heavy atom. The maximum atomic E-state index is 12.4. The number of rotatable bonds is 33. The van der Waals surface area contributed by atoms with Crippen LogP contribution < -0.4 is 0 Å². The Bertz CT molecular complexity index is 1050. The zero-order valence-electron chi connectivity index (χ0n) is 32.4. The fourth-order valence-electron chi connectivity index (χ4n) is 5.51. The molecule has 1 aromatic carbocycles. The third-order valence-corrected chi connectivity index (χ3v) is 9.71. The van der Waals surface area contributed by atoms with Crippen molar-refractivity contribution in [2.45, 2.75) is 136 Å². The zero-order valence-corrected chi connectivity index (χ0v) is 33.3. The lowest BCUT2D eigenvalue weighted by atomic mass is 10.1. The molecule has 1 aromatic rings. The van der Waals surface area contributed by atoms with Gasteiger partial charge in [-0.25, -0.2) is 4.79 Å². The van der Waals surface area contributed by atoms with Crippen LogP contribution in [0.25, 0.3) is 0 Å². The van der Waals surface area contributed by atoms with Gasteiger partial charge in [-0.15, -0.1) is 11.8 Å². The SMILES string of the molecule is C=C(SCCN(C)C)N(CCCCCCCC(=O)OC/C=C\CCCCCC)CCCCc1ccc(C(=O)OC/C=C\CCCCCC)cc1. The van der Waals surface area contributed by atoms with Gasteiger partial charge in [-0.2, -0.15) is 0 Å². The van der Waals surface area contributed by atoms with Crippen molar-refractivity contribution in [3.63, 3.8) is 0 Å². The molecule has 0 heterocycles. The minimum atomic E-state index is -0.262. The molecule has 0 amide bonds. The van der Waals surface area contributed by atoms with Gasteiger partial charge in [0.1, 0.15) is 13.2 Å². The van der Waals surface area contributed by atoms with Crippen molar-refractivity contribution in [3.8, 4) is 0 Å². The highest BCUT2D eigenvalue weighted by molar-refractivity contribution is 8.03. The molecule has 0 aliphatic heterocycles. The number of carbonyl (C=O) groups is 2. The molecule has 284 valence electrons. The van der Waals surface area contributed by atoms with Crippen LogP contribution in [0.15, 0.2) is 60.2 Å². The maximum absolute atomic E-state index is 12.4. The Kier molecular flexibility index (Phi) is 29.5. The minimum absolute atomic E-state index is 0.0805. The standard InChI is InChI=1S/C43H72N2O4S/c1-6-8-10-12-14-19-25-36-48-42(46)28-21-17-16-18-23-33-45(39(3)50-38-35-44(4)5)34-24-22-27-40-29-31-41(32-30-40)43(47)49-37-26-20-15-13-11-9-7-2/h19-20,25-26,29-32H,3,6-18,21-24,27-28,33-38H2,1-2,4-5H3/b25-19-,26-20-. The van der Waals surface area contributed by atoms with Gasteiger partial charge in [0.05, 0.1) is 10.6 Å². The van der Waals surface area contributed by atoms with Gasteiger partial charge in [0.2, 0.25) is 0 Å². The smallest absolute Gasteiger partial charge is 0.338 e. The molecular weight excluding hydrogens is 641 g/mol. The molecule has 50 heavy (non-hydrogen) atoms. The number of allylic oxidation sites excluding steroid dienone is 2. The first-order chi connectivity index (χ1) is 24.4. The van der Waals surface area contributed by atoms with E-state index in [0.29, 0.717) is 25.2 Å². The van der Waals surface area contributed by atoms with Crippen molar-refractivity contribution in [3.05, 3.63) is 71.3 Å². The number of benzene rings is 1. The lowest BCUT2D eigenvalue weighted by molar-refractivity contribution is -0.142. The van der Waals surface area contributed by atoms with Crippen LogP contribution in [-0.4, -0.2) is 74.4 Å². The van der Waals surface area contributed by atoms with Crippen molar-refractivity contribution in [2.75, 3.05) is 52.7 Å². The molecule has 6 nitrogen and oxygen atoms in total. The lowest BCUT2D eigenvalue weighted by Gasteiger charge is -2.27. The summed E-state index contributed by atoms with van der Waals surface area (Å²) >= 11 is 1.86. The van der Waals surface area contributed by atoms with E-state index in [1.165, 1.54) is 62.0 Å². The molecule has 0 radical (unpaired) electrons. The van der Waals surface area contributed by atoms with Crippen LogP contribution in [0.4, 0.5) is 0 Å². The Hall–Kier alpha value is -2.51. The lowest BCUT2D eigenvalue weighted by Crippen LogP contribution is -2.25. The second kappa shape index (κ2) is 32.4. The number of thioether (sulfide) groups is 1. The summed E-state index contributed by atoms with van der Waals surface area (Å²) in [5.74, 6) is 0.697. The van der Waals surface area contributed by atoms with Gasteiger partial charge in [0.25, 0.3) is 0 Å². The van der Waals surface area contributed by atoms with E-state index in [1.54, 1.807) is 0 Å². The molecule has 0 spiro atoms. The fourth-order valence-corrected chi connectivity index (χ4v) is 6.57. The molecule has 0 aliphatic carbocycles. The molecule has 0 saturated heterocycles. The van der Waals surface area contributed by atoms with Crippen LogP contribution in [0.3, 0.4) is 0 Å². The van der Waals surface area contributed by atoms with Gasteiger partial charge in [-0.1, -0.05) is 115 Å². The van der Waals surface area contributed by atoms with Gasteiger partial charge < -0.3 is 19.3 Å². The number of nitrogens with zero attached hydrogens (tertiary/aromatic N) is 2. The normalized spacial score (nSPS) is 11.5. The Morgan fingerprint density at radius 2 is 1.24 bits per heavy atom. The molecule has 0 N–H and O–H groups in total. The highest BCUT2D eigenvalue weighted by Gasteiger charge is 2.10. The molecule has 0 bridgehead atoms. The Morgan fingerprint density at radius 3 is 1.86 bits per heavy atom. The molecule has 0 saturated carbocycles. The summed E-state index contributed by atoms with van der Waals surface area (Å²) in [5, 5.41) is 1.17. The molecule has 0 aromatic heterocycles. The average molecular weight is 713 g/mol. The van der Waals surface area contributed by atoms with Crippen LogP contribution in [0.5, 0.6) is 0 Å². The second-order valence-corrected chi connectivity index (χ2v) is 14.8. The highest BCUT2D eigenvalue weighted by Crippen LogP contribution is 2.21. The monoisotopic (exact) mass is 713 g/mol. The largest absolute Gasteiger partial charge is 0.461 e. The van der Waals surface area contributed by atoms with Crippen molar-refractivity contribution in [1.82, 2.24) is 9.80 Å². The first-order valence-corrected chi connectivity index (χ1v) is 20.8. The van der Waals surface area contributed by atoms with E-state index in [1.807, 2.05) is 36.0 Å². The molecule has 7 heteroatoms. The first kappa shape index (κ1) is 45.5. The number of unbranched alkanes of at least 4 members (excludes halogenated alkanes) is 13. The van der Waals surface area contributed by atoms with Crippen LogP contribution in [0.2, 0.25) is 0 Å². The highest BCUT2D eigenvalue weighted by atomic mass is 32.2. The zero-order chi connectivity index (χ0) is 36.5. The first-order valence-electron chi connectivity index (χ1n) is 19.8. The van der Waals surface area contributed by atoms with Crippen molar-refractivity contribution in [1.29, 1.82) is 0 Å². The van der Waals surface area contributed by atoms with Gasteiger partial charge >= 0.3 is 11.9 Å². The van der Waals surface area contributed by atoms with Crippen molar-refractivity contribution >= 4 is 23.7 Å². The van der Waals surface area contributed by atoms with Gasteiger partial charge in [-0.05, 0) is 89.6 Å². The minimum Gasteiger partial charge on any atom is -0.461 e. The summed E-state index contributed by atoms with van der Waals surface area (Å²) < 4.78 is 10.8. The fraction of sp³-hybridized carbons (Fsp3) is 0.674. The number of hydrogen-bond donors (Lipinski definition) is 0. The van der Waals surface area contributed by atoms with E-state index in [9.17, 15) is 9.59 Å². The van der Waals surface area contributed by atoms with E-state index in [4.69, 9.17) is 9.47 Å². The van der Waals surface area contributed by atoms with Crippen LogP contribution in [-0.2, 0) is 20.7 Å². The van der Waals surface area contributed by atoms with Crippen LogP contribution in [0, 0.1) is 0 Å². The summed E-state index contributed by atoms with van der Waals surface area (Å²) in [6.45, 7) is 12.7. The quantitative estimate of drug-likeness (QED) is 0.0408. The maximum Gasteiger partial charge on any atom is 0.338 e. The van der Waals surface area contributed by atoms with Gasteiger partial charge in [-0.3, -0.25) is 4.79 Å². The predicted molar refractivity (Wildman–Crippen MR) is 216 cm³/mol. The van der Waals surface area contributed by atoms with E-state index in [0.717, 1.165) is 89.6 Å². The van der Waals surface area contributed by atoms with Gasteiger partial charge in [0, 0.05) is 31.8 Å². The Labute approximate surface area is 311 Å². The molecule has 1 rings (SSSR count). The average Bonchev–Trinajstić information content (AvgIpc) is 3.10. The number of carbonyl (C=O) groups excluding carboxylic acids is 2. The number of esters is 2. The van der Waals surface area contributed by atoms with Gasteiger partial charge in [0.15, 0.2) is 0 Å². The molecule has 0 atom stereocenters. The number of aryl methyl sites for hydroxylation is 1. The second-order valence-electron chi connectivity index (χ2n) is 13.6. The van der Waals surface area contributed by atoms with Crippen LogP contribution >= 0.6 is 11.8 Å². The summed E-state index contributed by atoms with van der Waals surface area (Å²) in [7, 11) is 4.22. The van der Waals surface area contributed by atoms with Crippen molar-refractivity contribution < 1.29 is 19.1 Å². The van der Waals surface area contributed by atoms with Crippen molar-refractivity contribution in [2.24, 2.45) is 0 Å². The van der Waals surface area contributed by atoms with E-state index in [-0.39, 0.29) is 11.9 Å². The Balaban J connectivity index is 2.32. The number of hydrogen-bond acceptors (Lipinski definition) is 7. The molecular formula is C43H72N2O4S. The molecule has 0 fully saturated rings. The third kappa shape index (κ3) is 26.3. The molecule has 0 unspecified atom stereocenters. The van der Waals surface area contributed by atoms with E-state index in [2.05, 4.69) is 68.6 Å². The third-order valence-electron chi connectivity index (χ3n) is 8.74. The summed E-state index contributed by atoms with van der Waals surface area (Å²) in [6.07, 6.45) is 29.4. The van der Waals surface area contributed by atoms with E-state index >= 15 is 0 Å². The number of ether oxygens (including phenoxy) is 2.